The Morgan fingerprint density at radius 2 is 1.86 bits per heavy atom. The summed E-state index contributed by atoms with van der Waals surface area (Å²) >= 11 is 0. The lowest BCUT2D eigenvalue weighted by Gasteiger charge is -2.42. The van der Waals surface area contributed by atoms with Gasteiger partial charge in [0.2, 0.25) is 0 Å². The molecule has 1 heterocycles. The molecule has 0 spiro atoms. The summed E-state index contributed by atoms with van der Waals surface area (Å²) in [6, 6.07) is 4.35. The van der Waals surface area contributed by atoms with Gasteiger partial charge >= 0.3 is 0 Å². The first-order valence-corrected chi connectivity index (χ1v) is 8.39. The fourth-order valence-electron chi connectivity index (χ4n) is 3.56. The molecular weight excluding hydrogens is 256 g/mol. The molecule has 118 valence electrons. The second kappa shape index (κ2) is 6.48. The van der Waals surface area contributed by atoms with Crippen molar-refractivity contribution in [1.82, 2.24) is 10.3 Å². The molecule has 0 aromatic carbocycles. The maximum atomic E-state index is 4.14. The van der Waals surface area contributed by atoms with E-state index in [1.54, 1.807) is 0 Å². The van der Waals surface area contributed by atoms with Crippen LogP contribution in [0.1, 0.15) is 59.4 Å². The smallest absolute Gasteiger partial charge is 0.0270 e. The van der Waals surface area contributed by atoms with Gasteiger partial charge in [-0.2, -0.15) is 0 Å². The van der Waals surface area contributed by atoms with Crippen molar-refractivity contribution >= 4 is 0 Å². The summed E-state index contributed by atoms with van der Waals surface area (Å²) in [7, 11) is 0. The molecular formula is C19H32N2. The SMILES string of the molecule is CC1(C)CCC(CNC(C)(C)C)C(Cc2ccncc2)C1. The number of hydrogen-bond donors (Lipinski definition) is 1. The molecule has 0 amide bonds. The van der Waals surface area contributed by atoms with Gasteiger partial charge in [-0.25, -0.2) is 0 Å². The number of hydrogen-bond acceptors (Lipinski definition) is 2. The highest BCUT2D eigenvalue weighted by atomic mass is 14.9. The zero-order valence-corrected chi connectivity index (χ0v) is 14.4. The summed E-state index contributed by atoms with van der Waals surface area (Å²) < 4.78 is 0. The molecule has 2 atom stereocenters. The maximum absolute atomic E-state index is 4.14. The second-order valence-electron chi connectivity index (χ2n) is 8.62. The minimum atomic E-state index is 0.216. The van der Waals surface area contributed by atoms with Crippen molar-refractivity contribution in [2.75, 3.05) is 6.54 Å². The van der Waals surface area contributed by atoms with Crippen LogP contribution in [0.2, 0.25) is 0 Å². The van der Waals surface area contributed by atoms with Crippen LogP contribution in [0.3, 0.4) is 0 Å². The fraction of sp³-hybridized carbons (Fsp3) is 0.737. The molecule has 2 rings (SSSR count). The molecule has 1 fully saturated rings. The molecule has 1 aromatic rings. The van der Waals surface area contributed by atoms with Gasteiger partial charge in [0.1, 0.15) is 0 Å². The lowest BCUT2D eigenvalue weighted by atomic mass is 9.65. The van der Waals surface area contributed by atoms with Crippen LogP contribution in [-0.4, -0.2) is 17.1 Å². The van der Waals surface area contributed by atoms with E-state index in [9.17, 15) is 0 Å². The molecule has 0 radical (unpaired) electrons. The Bertz CT molecular complexity index is 431. The van der Waals surface area contributed by atoms with E-state index in [0.29, 0.717) is 5.41 Å². The average molecular weight is 288 g/mol. The highest BCUT2D eigenvalue weighted by molar-refractivity contribution is 5.11. The predicted molar refractivity (Wildman–Crippen MR) is 90.3 cm³/mol. The highest BCUT2D eigenvalue weighted by Crippen LogP contribution is 2.43. The first-order valence-electron chi connectivity index (χ1n) is 8.39. The lowest BCUT2D eigenvalue weighted by molar-refractivity contribution is 0.111. The molecule has 2 heteroatoms. The molecule has 1 saturated carbocycles. The maximum Gasteiger partial charge on any atom is 0.0270 e. The van der Waals surface area contributed by atoms with Crippen LogP contribution >= 0.6 is 0 Å². The van der Waals surface area contributed by atoms with Crippen molar-refractivity contribution in [3.63, 3.8) is 0 Å². The normalized spacial score (nSPS) is 25.8. The molecule has 1 aliphatic carbocycles. The van der Waals surface area contributed by atoms with E-state index < -0.39 is 0 Å². The Kier molecular flexibility index (Phi) is 5.08. The number of nitrogens with one attached hydrogen (secondary N) is 1. The van der Waals surface area contributed by atoms with Crippen molar-refractivity contribution in [2.45, 2.75) is 65.8 Å². The third-order valence-corrected chi connectivity index (χ3v) is 4.82. The molecule has 2 nitrogen and oxygen atoms in total. The molecule has 1 aliphatic rings. The molecule has 1 aromatic heterocycles. The predicted octanol–water partition coefficient (Wildman–Crippen LogP) is 4.45. The average Bonchev–Trinajstić information content (AvgIpc) is 2.37. The zero-order valence-electron chi connectivity index (χ0n) is 14.4. The zero-order chi connectivity index (χ0) is 15.5. The summed E-state index contributed by atoms with van der Waals surface area (Å²) in [5.41, 5.74) is 2.15. The Hall–Kier alpha value is -0.890. The van der Waals surface area contributed by atoms with Crippen LogP contribution in [0.4, 0.5) is 0 Å². The van der Waals surface area contributed by atoms with E-state index in [-0.39, 0.29) is 5.54 Å². The van der Waals surface area contributed by atoms with Crippen molar-refractivity contribution < 1.29 is 0 Å². The molecule has 0 saturated heterocycles. The lowest BCUT2D eigenvalue weighted by Crippen LogP contribution is -2.43. The van der Waals surface area contributed by atoms with Gasteiger partial charge in [0, 0.05) is 17.9 Å². The van der Waals surface area contributed by atoms with Gasteiger partial charge in [-0.3, -0.25) is 4.98 Å². The van der Waals surface area contributed by atoms with E-state index >= 15 is 0 Å². The van der Waals surface area contributed by atoms with Crippen molar-refractivity contribution in [2.24, 2.45) is 17.3 Å². The first kappa shape index (κ1) is 16.5. The van der Waals surface area contributed by atoms with E-state index in [1.165, 1.54) is 31.2 Å². The fourth-order valence-corrected chi connectivity index (χ4v) is 3.56. The van der Waals surface area contributed by atoms with Crippen LogP contribution in [-0.2, 0) is 6.42 Å². The monoisotopic (exact) mass is 288 g/mol. The van der Waals surface area contributed by atoms with Crippen LogP contribution < -0.4 is 5.32 Å². The van der Waals surface area contributed by atoms with Crippen molar-refractivity contribution in [1.29, 1.82) is 0 Å². The van der Waals surface area contributed by atoms with Crippen LogP contribution in [0.15, 0.2) is 24.5 Å². The Labute approximate surface area is 130 Å². The van der Waals surface area contributed by atoms with Crippen molar-refractivity contribution in [3.05, 3.63) is 30.1 Å². The molecule has 2 unspecified atom stereocenters. The Morgan fingerprint density at radius 1 is 1.19 bits per heavy atom. The minimum absolute atomic E-state index is 0.216. The number of aromatic nitrogens is 1. The number of rotatable bonds is 4. The van der Waals surface area contributed by atoms with Gasteiger partial charge in [0.05, 0.1) is 0 Å². The standard InChI is InChI=1S/C19H32N2/c1-18(2,3)21-14-16-6-9-19(4,5)13-17(16)12-15-7-10-20-11-8-15/h7-8,10-11,16-17,21H,6,9,12-14H2,1-5H3. The molecule has 0 aliphatic heterocycles. The molecule has 0 bridgehead atoms. The Morgan fingerprint density at radius 3 is 2.48 bits per heavy atom. The minimum Gasteiger partial charge on any atom is -0.312 e. The summed E-state index contributed by atoms with van der Waals surface area (Å²) in [6.07, 6.45) is 9.09. The van der Waals surface area contributed by atoms with Gasteiger partial charge in [0.25, 0.3) is 0 Å². The third-order valence-electron chi connectivity index (χ3n) is 4.82. The van der Waals surface area contributed by atoms with Crippen molar-refractivity contribution in [3.8, 4) is 0 Å². The van der Waals surface area contributed by atoms with Gasteiger partial charge in [-0.15, -0.1) is 0 Å². The highest BCUT2D eigenvalue weighted by Gasteiger charge is 2.35. The second-order valence-corrected chi connectivity index (χ2v) is 8.62. The Balaban J connectivity index is 2.03. The van der Waals surface area contributed by atoms with Gasteiger partial charge in [-0.05, 0) is 87.9 Å². The van der Waals surface area contributed by atoms with E-state index in [1.807, 2.05) is 12.4 Å². The summed E-state index contributed by atoms with van der Waals surface area (Å²) in [4.78, 5) is 4.14. The number of pyridine rings is 1. The third kappa shape index (κ3) is 5.43. The van der Waals surface area contributed by atoms with E-state index in [2.05, 4.69) is 57.1 Å². The number of nitrogens with zero attached hydrogens (tertiary/aromatic N) is 1. The van der Waals surface area contributed by atoms with E-state index in [4.69, 9.17) is 0 Å². The van der Waals surface area contributed by atoms with Gasteiger partial charge in [-0.1, -0.05) is 13.8 Å². The van der Waals surface area contributed by atoms with Crippen LogP contribution in [0, 0.1) is 17.3 Å². The van der Waals surface area contributed by atoms with Crippen LogP contribution in [0.5, 0.6) is 0 Å². The summed E-state index contributed by atoms with van der Waals surface area (Å²) in [5.74, 6) is 1.58. The van der Waals surface area contributed by atoms with Crippen LogP contribution in [0.25, 0.3) is 0 Å². The van der Waals surface area contributed by atoms with Gasteiger partial charge in [0.15, 0.2) is 0 Å². The molecule has 1 N–H and O–H groups in total. The largest absolute Gasteiger partial charge is 0.312 e. The topological polar surface area (TPSA) is 24.9 Å². The van der Waals surface area contributed by atoms with E-state index in [0.717, 1.165) is 18.4 Å². The molecule has 21 heavy (non-hydrogen) atoms. The summed E-state index contributed by atoms with van der Waals surface area (Å²) in [5, 5.41) is 3.72. The quantitative estimate of drug-likeness (QED) is 0.885. The first-order chi connectivity index (χ1) is 9.75. The van der Waals surface area contributed by atoms with Gasteiger partial charge < -0.3 is 5.32 Å². The summed E-state index contributed by atoms with van der Waals surface area (Å²) in [6.45, 7) is 12.8.